The quantitative estimate of drug-likeness (QED) is 0.877. The van der Waals surface area contributed by atoms with Crippen LogP contribution >= 0.6 is 15.9 Å². The van der Waals surface area contributed by atoms with Gasteiger partial charge in [0.2, 0.25) is 0 Å². The second-order valence-corrected chi connectivity index (χ2v) is 4.91. The van der Waals surface area contributed by atoms with Crippen LogP contribution in [0.3, 0.4) is 0 Å². The molecular weight excluding hydrogens is 282 g/mol. The Kier molecular flexibility index (Phi) is 5.78. The highest BCUT2D eigenvalue weighted by Gasteiger charge is 2.14. The van der Waals surface area contributed by atoms with Gasteiger partial charge in [0, 0.05) is 4.47 Å². The van der Waals surface area contributed by atoms with E-state index >= 15 is 0 Å². The van der Waals surface area contributed by atoms with Crippen LogP contribution in [0.5, 0.6) is 11.5 Å². The predicted molar refractivity (Wildman–Crippen MR) is 73.9 cm³/mol. The lowest BCUT2D eigenvalue weighted by molar-refractivity contribution is 0.354. The van der Waals surface area contributed by atoms with E-state index in [1.807, 2.05) is 12.1 Å². The van der Waals surface area contributed by atoms with Crippen molar-refractivity contribution in [3.8, 4) is 11.5 Å². The summed E-state index contributed by atoms with van der Waals surface area (Å²) in [5.41, 5.74) is 6.77. The predicted octanol–water partition coefficient (Wildman–Crippen LogP) is 3.31. The van der Waals surface area contributed by atoms with Crippen molar-refractivity contribution < 1.29 is 9.47 Å². The summed E-state index contributed by atoms with van der Waals surface area (Å²) in [4.78, 5) is 0. The molecule has 1 aromatic rings. The smallest absolute Gasteiger partial charge is 0.161 e. The summed E-state index contributed by atoms with van der Waals surface area (Å²) in [5.74, 6) is 1.96. The molecule has 0 amide bonds. The van der Waals surface area contributed by atoms with Gasteiger partial charge in [0.05, 0.1) is 14.2 Å². The standard InChI is InChI=1S/C13H20BrNO2/c1-9(5-4-6-15)10-7-12(16-2)13(17-3)8-11(10)14/h7-9H,4-6,15H2,1-3H3. The van der Waals surface area contributed by atoms with E-state index in [1.54, 1.807) is 14.2 Å². The third-order valence-corrected chi connectivity index (χ3v) is 3.56. The molecule has 1 aromatic carbocycles. The lowest BCUT2D eigenvalue weighted by atomic mass is 9.96. The molecule has 2 N–H and O–H groups in total. The van der Waals surface area contributed by atoms with Gasteiger partial charge in [0.15, 0.2) is 11.5 Å². The highest BCUT2D eigenvalue weighted by atomic mass is 79.9. The highest BCUT2D eigenvalue weighted by molar-refractivity contribution is 9.10. The molecule has 4 heteroatoms. The minimum Gasteiger partial charge on any atom is -0.493 e. The van der Waals surface area contributed by atoms with Gasteiger partial charge < -0.3 is 15.2 Å². The number of halogens is 1. The van der Waals surface area contributed by atoms with Crippen molar-refractivity contribution in [1.82, 2.24) is 0 Å². The molecule has 0 radical (unpaired) electrons. The molecule has 1 atom stereocenters. The number of ether oxygens (including phenoxy) is 2. The van der Waals surface area contributed by atoms with E-state index in [-0.39, 0.29) is 0 Å². The third kappa shape index (κ3) is 3.61. The van der Waals surface area contributed by atoms with Crippen molar-refractivity contribution in [1.29, 1.82) is 0 Å². The van der Waals surface area contributed by atoms with Gasteiger partial charge in [-0.3, -0.25) is 0 Å². The number of methoxy groups -OCH3 is 2. The fraction of sp³-hybridized carbons (Fsp3) is 0.538. The maximum atomic E-state index is 5.54. The average molecular weight is 302 g/mol. The van der Waals surface area contributed by atoms with Crippen molar-refractivity contribution in [3.05, 3.63) is 22.2 Å². The SMILES string of the molecule is COc1cc(Br)c(C(C)CCCN)cc1OC. The first-order valence-corrected chi connectivity index (χ1v) is 6.54. The van der Waals surface area contributed by atoms with Crippen molar-refractivity contribution in [3.63, 3.8) is 0 Å². The first-order valence-electron chi connectivity index (χ1n) is 5.75. The fourth-order valence-electron chi connectivity index (χ4n) is 1.83. The zero-order valence-corrected chi connectivity index (χ0v) is 12.2. The van der Waals surface area contributed by atoms with E-state index in [2.05, 4.69) is 22.9 Å². The van der Waals surface area contributed by atoms with E-state index in [9.17, 15) is 0 Å². The molecule has 0 aliphatic heterocycles. The largest absolute Gasteiger partial charge is 0.493 e. The van der Waals surface area contributed by atoms with Crippen LogP contribution in [0.4, 0.5) is 0 Å². The topological polar surface area (TPSA) is 44.5 Å². The Labute approximate surface area is 111 Å². The Hall–Kier alpha value is -0.740. The van der Waals surface area contributed by atoms with Crippen molar-refractivity contribution in [2.24, 2.45) is 5.73 Å². The highest BCUT2D eigenvalue weighted by Crippen LogP contribution is 2.37. The first kappa shape index (κ1) is 14.3. The van der Waals surface area contributed by atoms with Crippen LogP contribution in [-0.2, 0) is 0 Å². The molecule has 3 nitrogen and oxygen atoms in total. The molecular formula is C13H20BrNO2. The molecule has 0 bridgehead atoms. The van der Waals surface area contributed by atoms with Crippen molar-refractivity contribution in [2.45, 2.75) is 25.7 Å². The summed E-state index contributed by atoms with van der Waals surface area (Å²) in [5, 5.41) is 0. The van der Waals surface area contributed by atoms with Crippen LogP contribution in [0.2, 0.25) is 0 Å². The molecule has 0 aliphatic carbocycles. The number of hydrogen-bond acceptors (Lipinski definition) is 3. The van der Waals surface area contributed by atoms with Gasteiger partial charge in [-0.25, -0.2) is 0 Å². The molecule has 17 heavy (non-hydrogen) atoms. The molecule has 0 aliphatic rings. The summed E-state index contributed by atoms with van der Waals surface area (Å²) >= 11 is 3.58. The van der Waals surface area contributed by atoms with Gasteiger partial charge in [-0.2, -0.15) is 0 Å². The molecule has 0 saturated carbocycles. The summed E-state index contributed by atoms with van der Waals surface area (Å²) in [7, 11) is 3.29. The Balaban J connectivity index is 2.99. The number of rotatable bonds is 6. The Morgan fingerprint density at radius 1 is 1.24 bits per heavy atom. The molecule has 0 heterocycles. The van der Waals surface area contributed by atoms with Crippen LogP contribution in [0.25, 0.3) is 0 Å². The Bertz CT molecular complexity index is 369. The van der Waals surface area contributed by atoms with Crippen LogP contribution in [0.1, 0.15) is 31.2 Å². The molecule has 1 rings (SSSR count). The Morgan fingerprint density at radius 2 is 1.82 bits per heavy atom. The molecule has 1 unspecified atom stereocenters. The second kappa shape index (κ2) is 6.87. The minimum absolute atomic E-state index is 0.452. The lowest BCUT2D eigenvalue weighted by Crippen LogP contribution is -2.03. The fourth-order valence-corrected chi connectivity index (χ4v) is 2.54. The summed E-state index contributed by atoms with van der Waals surface area (Å²) in [6.45, 7) is 2.93. The van der Waals surface area contributed by atoms with E-state index in [0.717, 1.165) is 35.4 Å². The van der Waals surface area contributed by atoms with Gasteiger partial charge in [-0.1, -0.05) is 22.9 Å². The van der Waals surface area contributed by atoms with Crippen LogP contribution in [0, 0.1) is 0 Å². The molecule has 0 saturated heterocycles. The van der Waals surface area contributed by atoms with E-state index in [0.29, 0.717) is 5.92 Å². The lowest BCUT2D eigenvalue weighted by Gasteiger charge is -2.16. The van der Waals surface area contributed by atoms with E-state index in [1.165, 1.54) is 5.56 Å². The van der Waals surface area contributed by atoms with E-state index < -0.39 is 0 Å². The summed E-state index contributed by atoms with van der Waals surface area (Å²) < 4.78 is 11.6. The first-order chi connectivity index (χ1) is 8.13. The second-order valence-electron chi connectivity index (χ2n) is 4.06. The zero-order chi connectivity index (χ0) is 12.8. The number of hydrogen-bond donors (Lipinski definition) is 1. The van der Waals surface area contributed by atoms with Gasteiger partial charge >= 0.3 is 0 Å². The van der Waals surface area contributed by atoms with Crippen LogP contribution in [-0.4, -0.2) is 20.8 Å². The Morgan fingerprint density at radius 3 is 2.35 bits per heavy atom. The van der Waals surface area contributed by atoms with Gasteiger partial charge in [0.25, 0.3) is 0 Å². The summed E-state index contributed by atoms with van der Waals surface area (Å²) in [6, 6.07) is 3.98. The van der Waals surface area contributed by atoms with Gasteiger partial charge in [-0.15, -0.1) is 0 Å². The van der Waals surface area contributed by atoms with Crippen molar-refractivity contribution in [2.75, 3.05) is 20.8 Å². The average Bonchev–Trinajstić information content (AvgIpc) is 2.35. The molecule has 0 aromatic heterocycles. The molecule has 96 valence electrons. The third-order valence-electron chi connectivity index (χ3n) is 2.88. The van der Waals surface area contributed by atoms with Crippen molar-refractivity contribution >= 4 is 15.9 Å². The van der Waals surface area contributed by atoms with Crippen LogP contribution < -0.4 is 15.2 Å². The number of benzene rings is 1. The molecule has 0 fully saturated rings. The monoisotopic (exact) mass is 301 g/mol. The molecule has 0 spiro atoms. The maximum Gasteiger partial charge on any atom is 0.161 e. The maximum absolute atomic E-state index is 5.54. The van der Waals surface area contributed by atoms with Crippen LogP contribution in [0.15, 0.2) is 16.6 Å². The van der Waals surface area contributed by atoms with E-state index in [4.69, 9.17) is 15.2 Å². The zero-order valence-electron chi connectivity index (χ0n) is 10.6. The minimum atomic E-state index is 0.452. The summed E-state index contributed by atoms with van der Waals surface area (Å²) in [6.07, 6.45) is 2.10. The van der Waals surface area contributed by atoms with Gasteiger partial charge in [0.1, 0.15) is 0 Å². The van der Waals surface area contributed by atoms with Gasteiger partial charge in [-0.05, 0) is 43.0 Å². The number of nitrogens with two attached hydrogens (primary N) is 1. The normalized spacial score (nSPS) is 12.3.